The van der Waals surface area contributed by atoms with Crippen LogP contribution in [-0.2, 0) is 24.3 Å². The number of hydrogen-bond donors (Lipinski definition) is 1. The lowest BCUT2D eigenvalue weighted by molar-refractivity contribution is -0.117. The number of nitrogens with one attached hydrogen (secondary N) is 1. The normalized spacial score (nSPS) is 14.0. The summed E-state index contributed by atoms with van der Waals surface area (Å²) in [6.07, 6.45) is 3.64. The molecule has 0 saturated carbocycles. The van der Waals surface area contributed by atoms with Gasteiger partial charge in [0.25, 0.3) is 0 Å². The highest BCUT2D eigenvalue weighted by Gasteiger charge is 2.17. The van der Waals surface area contributed by atoms with Crippen LogP contribution in [0.3, 0.4) is 0 Å². The van der Waals surface area contributed by atoms with E-state index in [1.807, 2.05) is 0 Å². The monoisotopic (exact) mass is 386 g/mol. The van der Waals surface area contributed by atoms with Gasteiger partial charge in [-0.25, -0.2) is 9.48 Å². The predicted molar refractivity (Wildman–Crippen MR) is 90.8 cm³/mol. The minimum Gasteiger partial charge on any atom is -0.433 e. The molecular formula is C16H17ClF2N4O3. The van der Waals surface area contributed by atoms with Gasteiger partial charge in [0.05, 0.1) is 5.02 Å². The van der Waals surface area contributed by atoms with Gasteiger partial charge in [0.1, 0.15) is 18.1 Å². The van der Waals surface area contributed by atoms with Gasteiger partial charge in [0, 0.05) is 18.7 Å². The van der Waals surface area contributed by atoms with Gasteiger partial charge in [0.2, 0.25) is 5.91 Å². The van der Waals surface area contributed by atoms with Gasteiger partial charge >= 0.3 is 12.3 Å². The molecule has 1 N–H and O–H groups in total. The number of nitrogens with zero attached hydrogens (tertiary/aromatic N) is 3. The SMILES string of the molecule is O=C(Cn1nc2n(c1=O)CCCCC2)Nc1ccc(OC(F)F)c(Cl)c1. The van der Waals surface area contributed by atoms with Crippen molar-refractivity contribution >= 4 is 23.2 Å². The number of alkyl halides is 2. The van der Waals surface area contributed by atoms with Crippen LogP contribution in [0.15, 0.2) is 23.0 Å². The van der Waals surface area contributed by atoms with Gasteiger partial charge in [-0.05, 0) is 31.0 Å². The van der Waals surface area contributed by atoms with Gasteiger partial charge in [-0.15, -0.1) is 0 Å². The Morgan fingerprint density at radius 3 is 2.88 bits per heavy atom. The molecule has 1 aliphatic rings. The van der Waals surface area contributed by atoms with Gasteiger partial charge in [-0.2, -0.15) is 13.9 Å². The van der Waals surface area contributed by atoms with Gasteiger partial charge in [-0.1, -0.05) is 18.0 Å². The molecule has 0 saturated heterocycles. The van der Waals surface area contributed by atoms with Crippen LogP contribution in [0, 0.1) is 0 Å². The van der Waals surface area contributed by atoms with E-state index in [0.717, 1.165) is 23.9 Å². The Morgan fingerprint density at radius 2 is 2.15 bits per heavy atom. The number of hydrogen-bond acceptors (Lipinski definition) is 4. The number of halogens is 3. The van der Waals surface area contributed by atoms with E-state index in [0.29, 0.717) is 24.5 Å². The van der Waals surface area contributed by atoms with Gasteiger partial charge in [0.15, 0.2) is 0 Å². The molecule has 1 aromatic heterocycles. The Bertz CT molecular complexity index is 866. The van der Waals surface area contributed by atoms with Crippen molar-refractivity contribution in [2.45, 2.75) is 45.4 Å². The molecule has 0 radical (unpaired) electrons. The second-order valence-corrected chi connectivity index (χ2v) is 6.30. The smallest absolute Gasteiger partial charge is 0.387 e. The average Bonchev–Trinajstić information content (AvgIpc) is 2.74. The topological polar surface area (TPSA) is 78.2 Å². The second-order valence-electron chi connectivity index (χ2n) is 5.89. The highest BCUT2D eigenvalue weighted by Crippen LogP contribution is 2.28. The number of aryl methyl sites for hydroxylation is 1. The standard InChI is InChI=1S/C16H17ClF2N4O3/c17-11-8-10(5-6-12(11)26-15(18)19)20-14(24)9-23-16(25)22-7-3-1-2-4-13(22)21-23/h5-6,8,15H,1-4,7,9H2,(H,20,24). The third-order valence-corrected chi connectivity index (χ3v) is 4.30. The van der Waals surface area contributed by atoms with Gasteiger partial charge in [-0.3, -0.25) is 9.36 Å². The molecule has 2 heterocycles. The van der Waals surface area contributed by atoms with Crippen LogP contribution >= 0.6 is 11.6 Å². The number of benzene rings is 1. The Hall–Kier alpha value is -2.42. The van der Waals surface area contributed by atoms with E-state index in [1.165, 1.54) is 18.2 Å². The van der Waals surface area contributed by atoms with Crippen LogP contribution in [0.4, 0.5) is 14.5 Å². The Labute approximate surface area is 152 Å². The zero-order valence-electron chi connectivity index (χ0n) is 13.8. The number of carbonyl (C=O) groups excluding carboxylic acids is 1. The summed E-state index contributed by atoms with van der Waals surface area (Å²) in [5.41, 5.74) is -0.00815. The highest BCUT2D eigenvalue weighted by molar-refractivity contribution is 6.32. The molecule has 26 heavy (non-hydrogen) atoms. The largest absolute Gasteiger partial charge is 0.433 e. The summed E-state index contributed by atoms with van der Waals surface area (Å²) in [5, 5.41) is 6.73. The molecule has 0 spiro atoms. The molecule has 7 nitrogen and oxygen atoms in total. The van der Waals surface area contributed by atoms with Crippen molar-refractivity contribution in [2.75, 3.05) is 5.32 Å². The fraction of sp³-hybridized carbons (Fsp3) is 0.438. The first-order chi connectivity index (χ1) is 12.4. The third kappa shape index (κ3) is 4.21. The molecule has 0 aliphatic carbocycles. The van der Waals surface area contributed by atoms with E-state index >= 15 is 0 Å². The number of rotatable bonds is 5. The summed E-state index contributed by atoms with van der Waals surface area (Å²) in [7, 11) is 0. The van der Waals surface area contributed by atoms with E-state index in [2.05, 4.69) is 15.2 Å². The van der Waals surface area contributed by atoms with Crippen LogP contribution in [-0.4, -0.2) is 26.9 Å². The zero-order chi connectivity index (χ0) is 18.7. The summed E-state index contributed by atoms with van der Waals surface area (Å²) in [5.74, 6) is 0.0320. The minimum absolute atomic E-state index is 0.0611. The van der Waals surface area contributed by atoms with E-state index in [9.17, 15) is 18.4 Å². The molecule has 2 aromatic rings. The number of ether oxygens (including phenoxy) is 1. The van der Waals surface area contributed by atoms with Crippen LogP contribution in [0.2, 0.25) is 5.02 Å². The second kappa shape index (κ2) is 7.86. The molecule has 1 aliphatic heterocycles. The fourth-order valence-electron chi connectivity index (χ4n) is 2.83. The zero-order valence-corrected chi connectivity index (χ0v) is 14.5. The lowest BCUT2D eigenvalue weighted by Gasteiger charge is -2.09. The quantitative estimate of drug-likeness (QED) is 0.857. The number of carbonyl (C=O) groups is 1. The Balaban J connectivity index is 1.68. The Kier molecular flexibility index (Phi) is 5.55. The highest BCUT2D eigenvalue weighted by atomic mass is 35.5. The first-order valence-electron chi connectivity index (χ1n) is 8.15. The van der Waals surface area contributed by atoms with Crippen molar-refractivity contribution in [3.8, 4) is 5.75 Å². The number of amides is 1. The van der Waals surface area contributed by atoms with Gasteiger partial charge < -0.3 is 10.1 Å². The van der Waals surface area contributed by atoms with Crippen molar-refractivity contribution in [3.05, 3.63) is 39.5 Å². The molecule has 0 fully saturated rings. The molecule has 0 atom stereocenters. The summed E-state index contributed by atoms with van der Waals surface area (Å²) in [6, 6.07) is 3.91. The van der Waals surface area contributed by atoms with E-state index < -0.39 is 12.5 Å². The lowest BCUT2D eigenvalue weighted by atomic mass is 10.2. The van der Waals surface area contributed by atoms with Crippen molar-refractivity contribution in [2.24, 2.45) is 0 Å². The molecule has 10 heteroatoms. The van der Waals surface area contributed by atoms with E-state index in [-0.39, 0.29) is 23.0 Å². The fourth-order valence-corrected chi connectivity index (χ4v) is 3.06. The molecule has 1 amide bonds. The minimum atomic E-state index is -2.99. The van der Waals surface area contributed by atoms with E-state index in [4.69, 9.17) is 11.6 Å². The van der Waals surface area contributed by atoms with Crippen LogP contribution in [0.25, 0.3) is 0 Å². The summed E-state index contributed by atoms with van der Waals surface area (Å²) >= 11 is 5.85. The third-order valence-electron chi connectivity index (χ3n) is 4.01. The molecule has 0 unspecified atom stereocenters. The predicted octanol–water partition coefficient (Wildman–Crippen LogP) is 2.66. The number of fused-ring (bicyclic) bond motifs is 1. The van der Waals surface area contributed by atoms with Crippen molar-refractivity contribution in [1.82, 2.24) is 14.3 Å². The molecule has 0 bridgehead atoms. The van der Waals surface area contributed by atoms with Crippen LogP contribution < -0.4 is 15.7 Å². The Morgan fingerprint density at radius 1 is 1.35 bits per heavy atom. The molecule has 140 valence electrons. The van der Waals surface area contributed by atoms with Crippen LogP contribution in [0.1, 0.15) is 25.1 Å². The molecule has 3 rings (SSSR count). The van der Waals surface area contributed by atoms with Crippen molar-refractivity contribution in [3.63, 3.8) is 0 Å². The van der Waals surface area contributed by atoms with Crippen molar-refractivity contribution < 1.29 is 18.3 Å². The maximum atomic E-state index is 12.3. The van der Waals surface area contributed by atoms with E-state index in [1.54, 1.807) is 4.57 Å². The molecule has 1 aromatic carbocycles. The first-order valence-corrected chi connectivity index (χ1v) is 8.52. The molecular weight excluding hydrogens is 370 g/mol. The number of aromatic nitrogens is 3. The number of anilines is 1. The lowest BCUT2D eigenvalue weighted by Crippen LogP contribution is -2.30. The maximum Gasteiger partial charge on any atom is 0.387 e. The summed E-state index contributed by atoms with van der Waals surface area (Å²) in [6.45, 7) is -2.63. The maximum absolute atomic E-state index is 12.3. The first kappa shape index (κ1) is 18.4. The van der Waals surface area contributed by atoms with Crippen LogP contribution in [0.5, 0.6) is 5.75 Å². The van der Waals surface area contributed by atoms with Crippen molar-refractivity contribution in [1.29, 1.82) is 0 Å². The summed E-state index contributed by atoms with van der Waals surface area (Å²) < 4.78 is 31.4. The average molecular weight is 387 g/mol. The summed E-state index contributed by atoms with van der Waals surface area (Å²) in [4.78, 5) is 24.5.